The molecule has 0 radical (unpaired) electrons. The van der Waals surface area contributed by atoms with Crippen molar-refractivity contribution in [2.24, 2.45) is 17.3 Å². The molecule has 1 atom stereocenters. The lowest BCUT2D eigenvalue weighted by Gasteiger charge is -2.45. The summed E-state index contributed by atoms with van der Waals surface area (Å²) in [5, 5.41) is 9.81. The number of aliphatic hydroxyl groups excluding tert-OH is 1. The standard InChI is InChI=1S/C15H30N2O3S/c1-4-16(10-14-6-7-14)21(19,20)17-9-5-8-15(11-17,12-18)13(2)3/h13-14,18H,4-12H2,1-3H3. The van der Waals surface area contributed by atoms with Gasteiger partial charge in [0.15, 0.2) is 0 Å². The van der Waals surface area contributed by atoms with Crippen molar-refractivity contribution in [1.82, 2.24) is 8.61 Å². The number of aliphatic hydroxyl groups is 1. The molecule has 0 aromatic heterocycles. The van der Waals surface area contributed by atoms with E-state index >= 15 is 0 Å². The summed E-state index contributed by atoms with van der Waals surface area (Å²) in [7, 11) is -3.39. The Hall–Kier alpha value is -0.170. The van der Waals surface area contributed by atoms with Crippen LogP contribution in [0.15, 0.2) is 0 Å². The minimum atomic E-state index is -3.39. The van der Waals surface area contributed by atoms with Crippen LogP contribution in [0, 0.1) is 17.3 Å². The van der Waals surface area contributed by atoms with Crippen molar-refractivity contribution in [3.63, 3.8) is 0 Å². The fraction of sp³-hybridized carbons (Fsp3) is 1.00. The first-order valence-electron chi connectivity index (χ1n) is 8.22. The average molecular weight is 318 g/mol. The Kier molecular flexibility index (Phi) is 5.34. The van der Waals surface area contributed by atoms with Gasteiger partial charge in [-0.15, -0.1) is 0 Å². The van der Waals surface area contributed by atoms with Crippen molar-refractivity contribution in [3.05, 3.63) is 0 Å². The van der Waals surface area contributed by atoms with Gasteiger partial charge < -0.3 is 5.11 Å². The van der Waals surface area contributed by atoms with E-state index in [4.69, 9.17) is 0 Å². The molecule has 0 amide bonds. The zero-order chi connectivity index (χ0) is 15.7. The van der Waals surface area contributed by atoms with E-state index in [-0.39, 0.29) is 17.9 Å². The van der Waals surface area contributed by atoms with Gasteiger partial charge in [0.05, 0.1) is 6.61 Å². The summed E-state index contributed by atoms with van der Waals surface area (Å²) in [5.41, 5.74) is -0.287. The van der Waals surface area contributed by atoms with Crippen LogP contribution in [0.4, 0.5) is 0 Å². The second-order valence-corrected chi connectivity index (χ2v) is 8.94. The molecule has 1 aliphatic carbocycles. The molecule has 1 heterocycles. The first-order chi connectivity index (χ1) is 9.85. The molecule has 124 valence electrons. The van der Waals surface area contributed by atoms with Gasteiger partial charge in [-0.25, -0.2) is 0 Å². The number of hydrogen-bond acceptors (Lipinski definition) is 3. The largest absolute Gasteiger partial charge is 0.396 e. The van der Waals surface area contributed by atoms with Gasteiger partial charge in [-0.2, -0.15) is 17.0 Å². The second kappa shape index (κ2) is 6.52. The van der Waals surface area contributed by atoms with E-state index in [0.717, 1.165) is 25.7 Å². The predicted octanol–water partition coefficient (Wildman–Crippen LogP) is 1.69. The van der Waals surface area contributed by atoms with Gasteiger partial charge in [-0.1, -0.05) is 20.8 Å². The molecule has 0 spiro atoms. The molecule has 6 heteroatoms. The lowest BCUT2D eigenvalue weighted by atomic mass is 9.72. The molecule has 5 nitrogen and oxygen atoms in total. The molecule has 2 fully saturated rings. The third kappa shape index (κ3) is 3.60. The van der Waals surface area contributed by atoms with E-state index in [1.165, 1.54) is 0 Å². The Morgan fingerprint density at radius 1 is 1.38 bits per heavy atom. The van der Waals surface area contributed by atoms with Crippen molar-refractivity contribution >= 4 is 10.2 Å². The first kappa shape index (κ1) is 17.2. The van der Waals surface area contributed by atoms with Gasteiger partial charge in [0.25, 0.3) is 10.2 Å². The summed E-state index contributed by atoms with van der Waals surface area (Å²) < 4.78 is 29.0. The first-order valence-corrected chi connectivity index (χ1v) is 9.61. The molecule has 21 heavy (non-hydrogen) atoms. The molecular weight excluding hydrogens is 288 g/mol. The van der Waals surface area contributed by atoms with E-state index < -0.39 is 10.2 Å². The van der Waals surface area contributed by atoms with Crippen LogP contribution < -0.4 is 0 Å². The number of hydrogen-bond donors (Lipinski definition) is 1. The molecule has 0 aromatic carbocycles. The van der Waals surface area contributed by atoms with E-state index in [2.05, 4.69) is 13.8 Å². The molecule has 0 bridgehead atoms. The molecule has 2 aliphatic rings. The average Bonchev–Trinajstić information content (AvgIpc) is 3.28. The molecule has 1 saturated carbocycles. The number of rotatable bonds is 7. The summed E-state index contributed by atoms with van der Waals surface area (Å²) in [6.45, 7) is 8.34. The van der Waals surface area contributed by atoms with E-state index in [1.54, 1.807) is 8.61 Å². The molecule has 1 unspecified atom stereocenters. The third-order valence-electron chi connectivity index (χ3n) is 5.28. The van der Waals surface area contributed by atoms with Crippen LogP contribution >= 0.6 is 0 Å². The number of piperidine rings is 1. The highest BCUT2D eigenvalue weighted by Gasteiger charge is 2.43. The van der Waals surface area contributed by atoms with Gasteiger partial charge in [0, 0.05) is 31.6 Å². The van der Waals surface area contributed by atoms with E-state index in [9.17, 15) is 13.5 Å². The Morgan fingerprint density at radius 2 is 2.05 bits per heavy atom. The Morgan fingerprint density at radius 3 is 2.52 bits per heavy atom. The predicted molar refractivity (Wildman–Crippen MR) is 84.1 cm³/mol. The van der Waals surface area contributed by atoms with E-state index in [0.29, 0.717) is 32.1 Å². The van der Waals surface area contributed by atoms with Crippen LogP contribution in [0.1, 0.15) is 46.5 Å². The minimum absolute atomic E-state index is 0.0609. The van der Waals surface area contributed by atoms with Crippen LogP contribution in [0.3, 0.4) is 0 Å². The molecule has 1 saturated heterocycles. The maximum atomic E-state index is 12.9. The van der Waals surface area contributed by atoms with Crippen molar-refractivity contribution in [3.8, 4) is 0 Å². The highest BCUT2D eigenvalue weighted by molar-refractivity contribution is 7.86. The van der Waals surface area contributed by atoms with Gasteiger partial charge in [-0.05, 0) is 37.5 Å². The second-order valence-electron chi connectivity index (χ2n) is 7.01. The summed E-state index contributed by atoms with van der Waals surface area (Å²) >= 11 is 0. The van der Waals surface area contributed by atoms with Gasteiger partial charge in [0.1, 0.15) is 0 Å². The fourth-order valence-corrected chi connectivity index (χ4v) is 5.07. The summed E-state index contributed by atoms with van der Waals surface area (Å²) in [4.78, 5) is 0. The SMILES string of the molecule is CCN(CC1CC1)S(=O)(=O)N1CCCC(CO)(C(C)C)C1. The molecule has 0 aromatic rings. The lowest BCUT2D eigenvalue weighted by molar-refractivity contribution is 0.0221. The normalized spacial score (nSPS) is 28.5. The summed E-state index contributed by atoms with van der Waals surface area (Å²) in [6, 6.07) is 0. The summed E-state index contributed by atoms with van der Waals surface area (Å²) in [6.07, 6.45) is 4.04. The highest BCUT2D eigenvalue weighted by atomic mass is 32.2. The molecule has 2 rings (SSSR count). The van der Waals surface area contributed by atoms with Crippen LogP contribution in [0.5, 0.6) is 0 Å². The Bertz CT molecular complexity index is 448. The Labute approximate surface area is 129 Å². The monoisotopic (exact) mass is 318 g/mol. The van der Waals surface area contributed by atoms with Gasteiger partial charge in [0.2, 0.25) is 0 Å². The number of nitrogens with zero attached hydrogens (tertiary/aromatic N) is 2. The van der Waals surface area contributed by atoms with Crippen LogP contribution in [-0.4, -0.2) is 54.9 Å². The lowest BCUT2D eigenvalue weighted by Crippen LogP contribution is -2.54. The summed E-state index contributed by atoms with van der Waals surface area (Å²) in [5.74, 6) is 0.830. The zero-order valence-corrected chi connectivity index (χ0v) is 14.4. The third-order valence-corrected chi connectivity index (χ3v) is 7.30. The molecule has 1 N–H and O–H groups in total. The smallest absolute Gasteiger partial charge is 0.281 e. The molecule has 1 aliphatic heterocycles. The maximum absolute atomic E-state index is 12.9. The van der Waals surface area contributed by atoms with Crippen molar-refractivity contribution in [2.75, 3.05) is 32.8 Å². The van der Waals surface area contributed by atoms with Gasteiger partial charge in [-0.3, -0.25) is 0 Å². The van der Waals surface area contributed by atoms with Crippen molar-refractivity contribution in [1.29, 1.82) is 0 Å². The zero-order valence-electron chi connectivity index (χ0n) is 13.6. The van der Waals surface area contributed by atoms with Crippen molar-refractivity contribution in [2.45, 2.75) is 46.5 Å². The van der Waals surface area contributed by atoms with Crippen LogP contribution in [0.2, 0.25) is 0 Å². The maximum Gasteiger partial charge on any atom is 0.281 e. The van der Waals surface area contributed by atoms with Crippen molar-refractivity contribution < 1.29 is 13.5 Å². The minimum Gasteiger partial charge on any atom is -0.396 e. The van der Waals surface area contributed by atoms with Crippen LogP contribution in [-0.2, 0) is 10.2 Å². The highest BCUT2D eigenvalue weighted by Crippen LogP contribution is 2.38. The Balaban J connectivity index is 2.14. The van der Waals surface area contributed by atoms with E-state index in [1.807, 2.05) is 6.92 Å². The quantitative estimate of drug-likeness (QED) is 0.777. The fourth-order valence-electron chi connectivity index (χ4n) is 3.23. The molecular formula is C15H30N2O3S. The van der Waals surface area contributed by atoms with Gasteiger partial charge >= 0.3 is 0 Å². The van der Waals surface area contributed by atoms with Crippen LogP contribution in [0.25, 0.3) is 0 Å². The topological polar surface area (TPSA) is 60.9 Å².